The molecule has 1 aliphatic heterocycles. The monoisotopic (exact) mass is 227 g/mol. The predicted molar refractivity (Wildman–Crippen MR) is 55.9 cm³/mol. The molecule has 2 N–H and O–H groups in total. The summed E-state index contributed by atoms with van der Waals surface area (Å²) in [5.41, 5.74) is 5.31. The molecule has 1 fully saturated rings. The third-order valence-corrected chi connectivity index (χ3v) is 2.68. The zero-order valence-corrected chi connectivity index (χ0v) is 9.60. The molecule has 16 heavy (non-hydrogen) atoms. The molecule has 2 unspecified atom stereocenters. The van der Waals surface area contributed by atoms with Crippen LogP contribution in [-0.4, -0.2) is 37.1 Å². The number of aromatic nitrogens is 2. The van der Waals surface area contributed by atoms with E-state index >= 15 is 0 Å². The number of ether oxygens (including phenoxy) is 2. The van der Waals surface area contributed by atoms with Gasteiger partial charge in [-0.15, -0.1) is 0 Å². The van der Waals surface area contributed by atoms with Crippen LogP contribution in [0.3, 0.4) is 0 Å². The van der Waals surface area contributed by atoms with Crippen molar-refractivity contribution in [1.82, 2.24) is 10.1 Å². The van der Waals surface area contributed by atoms with Gasteiger partial charge in [0.15, 0.2) is 5.82 Å². The van der Waals surface area contributed by atoms with Crippen LogP contribution >= 0.6 is 0 Å². The Bertz CT molecular complexity index is 345. The van der Waals surface area contributed by atoms with Gasteiger partial charge in [0.05, 0.1) is 19.1 Å². The van der Waals surface area contributed by atoms with Gasteiger partial charge in [-0.1, -0.05) is 5.16 Å². The van der Waals surface area contributed by atoms with Crippen LogP contribution in [0, 0.1) is 0 Å². The molecule has 2 heterocycles. The summed E-state index contributed by atoms with van der Waals surface area (Å²) in [7, 11) is 1.59. The predicted octanol–water partition coefficient (Wildman–Crippen LogP) is 0.394. The van der Waals surface area contributed by atoms with Crippen molar-refractivity contribution in [2.45, 2.75) is 24.8 Å². The average Bonchev–Trinajstić information content (AvgIpc) is 2.89. The Hall–Kier alpha value is -0.980. The summed E-state index contributed by atoms with van der Waals surface area (Å²) in [4.78, 5) is 4.32. The molecule has 0 aromatic carbocycles. The Morgan fingerprint density at radius 3 is 3.06 bits per heavy atom. The highest BCUT2D eigenvalue weighted by atomic mass is 16.5. The highest BCUT2D eigenvalue weighted by molar-refractivity contribution is 5.04. The van der Waals surface area contributed by atoms with Crippen molar-refractivity contribution in [3.05, 3.63) is 11.7 Å². The fourth-order valence-corrected chi connectivity index (χ4v) is 1.73. The van der Waals surface area contributed by atoms with Gasteiger partial charge in [-0.3, -0.25) is 0 Å². The van der Waals surface area contributed by atoms with Gasteiger partial charge in [0.2, 0.25) is 5.89 Å². The van der Waals surface area contributed by atoms with Crippen LogP contribution in [0.25, 0.3) is 0 Å². The molecule has 1 saturated heterocycles. The summed E-state index contributed by atoms with van der Waals surface area (Å²) in [5.74, 6) is 1.30. The Balaban J connectivity index is 2.12. The zero-order chi connectivity index (χ0) is 11.6. The molecule has 0 amide bonds. The minimum absolute atomic E-state index is 0.208. The molecule has 2 rings (SSSR count). The fourth-order valence-electron chi connectivity index (χ4n) is 1.73. The van der Waals surface area contributed by atoms with Crippen LogP contribution < -0.4 is 5.73 Å². The van der Waals surface area contributed by atoms with Crippen LogP contribution in [0.4, 0.5) is 0 Å². The maximum atomic E-state index is 6.02. The molecule has 1 aromatic rings. The molecule has 2 atom stereocenters. The van der Waals surface area contributed by atoms with Gasteiger partial charge < -0.3 is 19.7 Å². The van der Waals surface area contributed by atoms with Gasteiger partial charge in [0.1, 0.15) is 5.54 Å². The molecule has 0 saturated carbocycles. The zero-order valence-electron chi connectivity index (χ0n) is 9.60. The Morgan fingerprint density at radius 2 is 2.44 bits per heavy atom. The van der Waals surface area contributed by atoms with Crippen molar-refractivity contribution in [3.8, 4) is 0 Å². The summed E-state index contributed by atoms with van der Waals surface area (Å²) in [6.45, 7) is 3.57. The maximum Gasteiger partial charge on any atom is 0.232 e. The first-order valence-electron chi connectivity index (χ1n) is 5.33. The molecule has 90 valence electrons. The van der Waals surface area contributed by atoms with E-state index in [4.69, 9.17) is 19.7 Å². The van der Waals surface area contributed by atoms with Crippen molar-refractivity contribution >= 4 is 0 Å². The fraction of sp³-hybridized carbons (Fsp3) is 0.800. The van der Waals surface area contributed by atoms with Crippen molar-refractivity contribution in [2.24, 2.45) is 5.73 Å². The normalized spacial score (nSPS) is 24.6. The van der Waals surface area contributed by atoms with Crippen molar-refractivity contribution in [2.75, 3.05) is 26.9 Å². The third-order valence-electron chi connectivity index (χ3n) is 2.68. The lowest BCUT2D eigenvalue weighted by atomic mass is 10.0. The Kier molecular flexibility index (Phi) is 3.22. The lowest BCUT2D eigenvalue weighted by molar-refractivity contribution is 0.135. The SMILES string of the molecule is COCC(C)(N)c1noc(C2CCOC2)n1. The van der Waals surface area contributed by atoms with Gasteiger partial charge in [-0.25, -0.2) is 0 Å². The quantitative estimate of drug-likeness (QED) is 0.801. The van der Waals surface area contributed by atoms with E-state index in [1.807, 2.05) is 6.92 Å². The van der Waals surface area contributed by atoms with Gasteiger partial charge in [0.25, 0.3) is 0 Å². The first-order chi connectivity index (χ1) is 7.63. The summed E-state index contributed by atoms with van der Waals surface area (Å²) < 4.78 is 15.5. The molecule has 6 nitrogen and oxygen atoms in total. The Morgan fingerprint density at radius 1 is 1.62 bits per heavy atom. The second-order valence-electron chi connectivity index (χ2n) is 4.37. The first kappa shape index (κ1) is 11.5. The molecule has 6 heteroatoms. The van der Waals surface area contributed by atoms with Crippen molar-refractivity contribution in [1.29, 1.82) is 0 Å². The van der Waals surface area contributed by atoms with Gasteiger partial charge in [-0.2, -0.15) is 4.98 Å². The highest BCUT2D eigenvalue weighted by Crippen LogP contribution is 2.25. The molecular formula is C10H17N3O3. The molecule has 0 aliphatic carbocycles. The van der Waals surface area contributed by atoms with Crippen LogP contribution in [0.15, 0.2) is 4.52 Å². The molecule has 1 aromatic heterocycles. The molecule has 1 aliphatic rings. The van der Waals surface area contributed by atoms with E-state index in [0.29, 0.717) is 24.9 Å². The van der Waals surface area contributed by atoms with E-state index in [1.165, 1.54) is 0 Å². The molecular weight excluding hydrogens is 210 g/mol. The van der Waals surface area contributed by atoms with Crippen molar-refractivity contribution in [3.63, 3.8) is 0 Å². The van der Waals surface area contributed by atoms with E-state index in [0.717, 1.165) is 13.0 Å². The second kappa shape index (κ2) is 4.48. The van der Waals surface area contributed by atoms with E-state index in [-0.39, 0.29) is 5.92 Å². The number of hydrogen-bond acceptors (Lipinski definition) is 6. The number of nitrogens with zero attached hydrogens (tertiary/aromatic N) is 2. The topological polar surface area (TPSA) is 83.4 Å². The maximum absolute atomic E-state index is 6.02. The van der Waals surface area contributed by atoms with E-state index in [1.54, 1.807) is 7.11 Å². The Labute approximate surface area is 94.1 Å². The summed E-state index contributed by atoms with van der Waals surface area (Å²) in [6, 6.07) is 0. The third kappa shape index (κ3) is 2.23. The number of methoxy groups -OCH3 is 1. The van der Waals surface area contributed by atoms with Crippen molar-refractivity contribution < 1.29 is 14.0 Å². The summed E-state index contributed by atoms with van der Waals surface area (Å²) in [5, 5.41) is 3.90. The average molecular weight is 227 g/mol. The molecule has 0 spiro atoms. The van der Waals surface area contributed by atoms with Crippen LogP contribution in [-0.2, 0) is 15.0 Å². The van der Waals surface area contributed by atoms with Gasteiger partial charge in [0, 0.05) is 13.7 Å². The highest BCUT2D eigenvalue weighted by Gasteiger charge is 2.30. The van der Waals surface area contributed by atoms with Crippen LogP contribution in [0.2, 0.25) is 0 Å². The second-order valence-corrected chi connectivity index (χ2v) is 4.37. The minimum atomic E-state index is -0.712. The largest absolute Gasteiger partial charge is 0.382 e. The lowest BCUT2D eigenvalue weighted by Crippen LogP contribution is -2.39. The molecule has 0 radical (unpaired) electrons. The minimum Gasteiger partial charge on any atom is -0.382 e. The standard InChI is InChI=1S/C10H17N3O3/c1-10(11,6-14-2)9-12-8(16-13-9)7-3-4-15-5-7/h7H,3-6,11H2,1-2H3. The molecule has 0 bridgehead atoms. The lowest BCUT2D eigenvalue weighted by Gasteiger charge is -2.18. The van der Waals surface area contributed by atoms with Gasteiger partial charge in [-0.05, 0) is 13.3 Å². The van der Waals surface area contributed by atoms with Crippen LogP contribution in [0.1, 0.15) is 31.0 Å². The van der Waals surface area contributed by atoms with E-state index in [2.05, 4.69) is 10.1 Å². The number of rotatable bonds is 4. The number of hydrogen-bond donors (Lipinski definition) is 1. The summed E-state index contributed by atoms with van der Waals surface area (Å²) >= 11 is 0. The van der Waals surface area contributed by atoms with E-state index in [9.17, 15) is 0 Å². The number of nitrogens with two attached hydrogens (primary N) is 1. The smallest absolute Gasteiger partial charge is 0.232 e. The summed E-state index contributed by atoms with van der Waals surface area (Å²) in [6.07, 6.45) is 0.924. The first-order valence-corrected chi connectivity index (χ1v) is 5.33. The van der Waals surface area contributed by atoms with Gasteiger partial charge >= 0.3 is 0 Å². The van der Waals surface area contributed by atoms with E-state index < -0.39 is 5.54 Å². The van der Waals surface area contributed by atoms with Crippen LogP contribution in [0.5, 0.6) is 0 Å².